The Bertz CT molecular complexity index is 863. The van der Waals surface area contributed by atoms with Crippen molar-refractivity contribution in [3.63, 3.8) is 0 Å². The van der Waals surface area contributed by atoms with E-state index in [1.54, 1.807) is 36.4 Å². The largest absolute Gasteiger partial charge is 0.493 e. The van der Waals surface area contributed by atoms with Gasteiger partial charge in [0.15, 0.2) is 11.5 Å². The van der Waals surface area contributed by atoms with Crippen molar-refractivity contribution in [2.24, 2.45) is 0 Å². The lowest BCUT2D eigenvalue weighted by molar-refractivity contribution is -0.136. The van der Waals surface area contributed by atoms with Gasteiger partial charge in [-0.1, -0.05) is 53.5 Å². The lowest BCUT2D eigenvalue weighted by atomic mass is 10.2. The predicted octanol–water partition coefficient (Wildman–Crippen LogP) is 5.98. The molecule has 142 valence electrons. The standard InChI is InChI=1S/C20H17Cl3O4/c1-3-8-26-19(24)7-5-13-9-17(23)20(18(11-13)25-2)27-12-14-4-6-15(21)16(22)10-14/h3-7,9-11H,1,8,12H2,2H3/b7-5+. The molecule has 7 heteroatoms. The summed E-state index contributed by atoms with van der Waals surface area (Å²) in [5.74, 6) is 0.336. The molecule has 0 bridgehead atoms. The molecule has 0 aliphatic heterocycles. The molecule has 0 radical (unpaired) electrons. The predicted molar refractivity (Wildman–Crippen MR) is 109 cm³/mol. The summed E-state index contributed by atoms with van der Waals surface area (Å²) in [6, 6.07) is 8.58. The van der Waals surface area contributed by atoms with Crippen LogP contribution in [0.4, 0.5) is 0 Å². The number of esters is 1. The summed E-state index contributed by atoms with van der Waals surface area (Å²) in [6.07, 6.45) is 4.36. The van der Waals surface area contributed by atoms with Crippen molar-refractivity contribution < 1.29 is 19.0 Å². The maximum Gasteiger partial charge on any atom is 0.331 e. The van der Waals surface area contributed by atoms with Gasteiger partial charge in [0.25, 0.3) is 0 Å². The minimum Gasteiger partial charge on any atom is -0.493 e. The molecule has 0 fully saturated rings. The van der Waals surface area contributed by atoms with Gasteiger partial charge < -0.3 is 14.2 Å². The number of carbonyl (C=O) groups excluding carboxylic acids is 1. The number of halogens is 3. The molecule has 0 amide bonds. The normalized spacial score (nSPS) is 10.7. The molecule has 0 heterocycles. The number of hydrogen-bond acceptors (Lipinski definition) is 4. The second-order valence-electron chi connectivity index (χ2n) is 5.32. The maximum atomic E-state index is 11.5. The fourth-order valence-corrected chi connectivity index (χ4v) is 2.71. The van der Waals surface area contributed by atoms with Crippen LogP contribution >= 0.6 is 34.8 Å². The van der Waals surface area contributed by atoms with Gasteiger partial charge in [-0.25, -0.2) is 4.79 Å². The first-order valence-corrected chi connectivity index (χ1v) is 8.98. The average molecular weight is 428 g/mol. The van der Waals surface area contributed by atoms with E-state index in [0.717, 1.165) is 5.56 Å². The minimum atomic E-state index is -0.482. The van der Waals surface area contributed by atoms with Gasteiger partial charge in [0.2, 0.25) is 0 Å². The van der Waals surface area contributed by atoms with Crippen LogP contribution in [0.25, 0.3) is 6.08 Å². The van der Waals surface area contributed by atoms with Gasteiger partial charge in [-0.15, -0.1) is 0 Å². The highest BCUT2D eigenvalue weighted by atomic mass is 35.5. The number of rotatable bonds is 8. The summed E-state index contributed by atoms with van der Waals surface area (Å²) in [7, 11) is 1.50. The molecule has 0 spiro atoms. The molecule has 2 aromatic rings. The monoisotopic (exact) mass is 426 g/mol. The lowest BCUT2D eigenvalue weighted by Crippen LogP contribution is -2.00. The average Bonchev–Trinajstić information content (AvgIpc) is 2.66. The summed E-state index contributed by atoms with van der Waals surface area (Å²) in [5, 5.41) is 1.26. The Labute approximate surface area is 172 Å². The van der Waals surface area contributed by atoms with E-state index in [1.807, 2.05) is 0 Å². The van der Waals surface area contributed by atoms with Gasteiger partial charge in [-0.3, -0.25) is 0 Å². The van der Waals surface area contributed by atoms with Crippen LogP contribution in [0.15, 0.2) is 49.1 Å². The van der Waals surface area contributed by atoms with Crippen LogP contribution in [-0.2, 0) is 16.1 Å². The fourth-order valence-electron chi connectivity index (χ4n) is 2.11. The second-order valence-corrected chi connectivity index (χ2v) is 6.54. The number of benzene rings is 2. The molecular weight excluding hydrogens is 411 g/mol. The number of carbonyl (C=O) groups is 1. The third-order valence-corrected chi connectivity index (χ3v) is 4.39. The third kappa shape index (κ3) is 6.21. The molecular formula is C20H17Cl3O4. The summed E-state index contributed by atoms with van der Waals surface area (Å²) < 4.78 is 16.0. The fraction of sp³-hybridized carbons (Fsp3) is 0.150. The van der Waals surface area contributed by atoms with Gasteiger partial charge in [0.05, 0.1) is 22.2 Å². The quantitative estimate of drug-likeness (QED) is 0.295. The van der Waals surface area contributed by atoms with Crippen LogP contribution < -0.4 is 9.47 Å². The molecule has 0 N–H and O–H groups in total. The van der Waals surface area contributed by atoms with Gasteiger partial charge in [0, 0.05) is 6.08 Å². The summed E-state index contributed by atoms with van der Waals surface area (Å²) >= 11 is 18.2. The molecule has 27 heavy (non-hydrogen) atoms. The molecule has 2 aromatic carbocycles. The summed E-state index contributed by atoms with van der Waals surface area (Å²) in [5.41, 5.74) is 1.49. The molecule has 0 aliphatic rings. The first-order valence-electron chi connectivity index (χ1n) is 7.84. The molecule has 0 unspecified atom stereocenters. The van der Waals surface area contributed by atoms with E-state index < -0.39 is 5.97 Å². The van der Waals surface area contributed by atoms with Crippen molar-refractivity contribution in [3.05, 3.63) is 75.3 Å². The Balaban J connectivity index is 2.15. The van der Waals surface area contributed by atoms with Gasteiger partial charge in [0.1, 0.15) is 13.2 Å². The van der Waals surface area contributed by atoms with Crippen LogP contribution in [0.5, 0.6) is 11.5 Å². The zero-order chi connectivity index (χ0) is 19.8. The highest BCUT2D eigenvalue weighted by Crippen LogP contribution is 2.37. The first kappa shape index (κ1) is 21.2. The van der Waals surface area contributed by atoms with E-state index in [4.69, 9.17) is 49.0 Å². The molecule has 0 saturated heterocycles. The van der Waals surface area contributed by atoms with Crippen molar-refractivity contribution in [1.82, 2.24) is 0 Å². The van der Waals surface area contributed by atoms with E-state index in [0.29, 0.717) is 32.1 Å². The number of hydrogen-bond donors (Lipinski definition) is 0. The van der Waals surface area contributed by atoms with E-state index in [1.165, 1.54) is 19.3 Å². The van der Waals surface area contributed by atoms with E-state index in [-0.39, 0.29) is 13.2 Å². The third-order valence-electron chi connectivity index (χ3n) is 3.37. The first-order chi connectivity index (χ1) is 12.9. The second kappa shape index (κ2) is 10.3. The Morgan fingerprint density at radius 3 is 2.56 bits per heavy atom. The van der Waals surface area contributed by atoms with Crippen LogP contribution in [0.3, 0.4) is 0 Å². The summed E-state index contributed by atoms with van der Waals surface area (Å²) in [6.45, 7) is 3.86. The van der Waals surface area contributed by atoms with Gasteiger partial charge in [-0.2, -0.15) is 0 Å². The molecule has 0 aromatic heterocycles. The van der Waals surface area contributed by atoms with Crippen molar-refractivity contribution in [1.29, 1.82) is 0 Å². The Morgan fingerprint density at radius 1 is 1.11 bits per heavy atom. The molecule has 0 atom stereocenters. The zero-order valence-corrected chi connectivity index (χ0v) is 16.8. The van der Waals surface area contributed by atoms with Gasteiger partial charge in [-0.05, 0) is 41.5 Å². The van der Waals surface area contributed by atoms with Crippen molar-refractivity contribution in [2.45, 2.75) is 6.61 Å². The highest BCUT2D eigenvalue weighted by Gasteiger charge is 2.12. The van der Waals surface area contributed by atoms with Crippen LogP contribution in [0.1, 0.15) is 11.1 Å². The molecule has 0 saturated carbocycles. The zero-order valence-electron chi connectivity index (χ0n) is 14.5. The number of methoxy groups -OCH3 is 1. The Morgan fingerprint density at radius 2 is 1.89 bits per heavy atom. The van der Waals surface area contributed by atoms with E-state index >= 15 is 0 Å². The topological polar surface area (TPSA) is 44.8 Å². The maximum absolute atomic E-state index is 11.5. The minimum absolute atomic E-state index is 0.148. The highest BCUT2D eigenvalue weighted by molar-refractivity contribution is 6.42. The Kier molecular flexibility index (Phi) is 8.04. The molecule has 4 nitrogen and oxygen atoms in total. The van der Waals surface area contributed by atoms with Crippen LogP contribution in [-0.4, -0.2) is 19.7 Å². The van der Waals surface area contributed by atoms with Crippen LogP contribution in [0.2, 0.25) is 15.1 Å². The summed E-state index contributed by atoms with van der Waals surface area (Å²) in [4.78, 5) is 11.5. The van der Waals surface area contributed by atoms with Gasteiger partial charge >= 0.3 is 5.97 Å². The molecule has 0 aliphatic carbocycles. The Hall–Kier alpha value is -2.14. The molecule has 2 rings (SSSR count). The van der Waals surface area contributed by atoms with Crippen molar-refractivity contribution in [3.8, 4) is 11.5 Å². The number of ether oxygens (including phenoxy) is 3. The van der Waals surface area contributed by atoms with E-state index in [9.17, 15) is 4.79 Å². The van der Waals surface area contributed by atoms with E-state index in [2.05, 4.69) is 6.58 Å². The van der Waals surface area contributed by atoms with Crippen molar-refractivity contribution in [2.75, 3.05) is 13.7 Å². The van der Waals surface area contributed by atoms with Crippen molar-refractivity contribution >= 4 is 46.8 Å². The SMILES string of the molecule is C=CCOC(=O)/C=C/c1cc(Cl)c(OCc2ccc(Cl)c(Cl)c2)c(OC)c1. The van der Waals surface area contributed by atoms with Crippen LogP contribution in [0, 0.1) is 0 Å². The smallest absolute Gasteiger partial charge is 0.331 e. The lowest BCUT2D eigenvalue weighted by Gasteiger charge is -2.13.